The zero-order chi connectivity index (χ0) is 14.7. The summed E-state index contributed by atoms with van der Waals surface area (Å²) in [5.74, 6) is -0.800. The van der Waals surface area contributed by atoms with Gasteiger partial charge in [-0.25, -0.2) is 9.18 Å². The van der Waals surface area contributed by atoms with E-state index in [0.29, 0.717) is 5.56 Å². The Labute approximate surface area is 118 Å². The summed E-state index contributed by atoms with van der Waals surface area (Å²) in [7, 11) is 0. The number of carbonyl (C=O) groups is 2. The van der Waals surface area contributed by atoms with E-state index in [0.717, 1.165) is 0 Å². The second-order valence-corrected chi connectivity index (χ2v) is 4.37. The number of halogens is 2. The maximum Gasteiger partial charge on any atom is 0.409 e. The Morgan fingerprint density at radius 1 is 1.10 bits per heavy atom. The first kappa shape index (κ1) is 14.0. The van der Waals surface area contributed by atoms with Crippen LogP contribution >= 0.6 is 11.6 Å². The lowest BCUT2D eigenvalue weighted by Gasteiger charge is -2.06. The van der Waals surface area contributed by atoms with Crippen molar-refractivity contribution < 1.29 is 19.1 Å². The van der Waals surface area contributed by atoms with E-state index in [2.05, 4.69) is 5.32 Å². The maximum atomic E-state index is 12.8. The van der Waals surface area contributed by atoms with Crippen molar-refractivity contribution in [3.63, 3.8) is 0 Å². The number of nitrogens with one attached hydrogen (secondary N) is 1. The van der Waals surface area contributed by atoms with Gasteiger partial charge in [0.15, 0.2) is 5.78 Å². The quantitative estimate of drug-likeness (QED) is 0.846. The van der Waals surface area contributed by atoms with E-state index >= 15 is 0 Å². The third-order valence-electron chi connectivity index (χ3n) is 2.57. The van der Waals surface area contributed by atoms with Crippen molar-refractivity contribution in [3.8, 4) is 0 Å². The summed E-state index contributed by atoms with van der Waals surface area (Å²) in [6, 6.07) is 9.26. The van der Waals surface area contributed by atoms with Crippen LogP contribution in [-0.4, -0.2) is 17.0 Å². The molecule has 1 amide bonds. The number of carboxylic acid groups (broad SMARTS) is 1. The zero-order valence-electron chi connectivity index (χ0n) is 10.1. The van der Waals surface area contributed by atoms with Crippen molar-refractivity contribution in [2.75, 3.05) is 5.32 Å². The molecule has 0 aliphatic rings. The fourth-order valence-electron chi connectivity index (χ4n) is 1.66. The van der Waals surface area contributed by atoms with Crippen LogP contribution in [0.4, 0.5) is 14.9 Å². The van der Waals surface area contributed by atoms with Gasteiger partial charge in [0.2, 0.25) is 0 Å². The second kappa shape index (κ2) is 5.71. The Hall–Kier alpha value is -2.40. The molecule has 0 aromatic heterocycles. The number of hydrogen-bond acceptors (Lipinski definition) is 2. The Bertz CT molecular complexity index is 671. The van der Waals surface area contributed by atoms with E-state index < -0.39 is 11.9 Å². The van der Waals surface area contributed by atoms with Gasteiger partial charge in [-0.05, 0) is 42.5 Å². The van der Waals surface area contributed by atoms with Crippen LogP contribution in [0.15, 0.2) is 42.5 Å². The van der Waals surface area contributed by atoms with E-state index in [1.807, 2.05) is 0 Å². The third kappa shape index (κ3) is 3.13. The number of benzene rings is 2. The molecule has 0 heterocycles. The molecule has 4 nitrogen and oxygen atoms in total. The second-order valence-electron chi connectivity index (χ2n) is 3.96. The largest absolute Gasteiger partial charge is 0.465 e. The summed E-state index contributed by atoms with van der Waals surface area (Å²) in [5, 5.41) is 10.8. The van der Waals surface area contributed by atoms with Crippen molar-refractivity contribution in [2.45, 2.75) is 0 Å². The molecule has 2 aromatic carbocycles. The molecular weight excluding hydrogens is 285 g/mol. The molecule has 6 heteroatoms. The highest BCUT2D eigenvalue weighted by molar-refractivity contribution is 6.35. The molecule has 0 saturated heterocycles. The number of anilines is 1. The van der Waals surface area contributed by atoms with E-state index in [1.165, 1.54) is 42.5 Å². The van der Waals surface area contributed by atoms with E-state index in [9.17, 15) is 14.0 Å². The van der Waals surface area contributed by atoms with Crippen molar-refractivity contribution in [3.05, 3.63) is 64.4 Å². The molecule has 2 N–H and O–H groups in total. The van der Waals surface area contributed by atoms with Crippen molar-refractivity contribution in [2.24, 2.45) is 0 Å². The molecule has 0 unspecified atom stereocenters. The first-order valence-corrected chi connectivity index (χ1v) is 5.95. The summed E-state index contributed by atoms with van der Waals surface area (Å²) in [4.78, 5) is 22.7. The van der Waals surface area contributed by atoms with Crippen LogP contribution in [0.2, 0.25) is 5.02 Å². The topological polar surface area (TPSA) is 66.4 Å². The fraction of sp³-hybridized carbons (Fsp3) is 0. The summed E-state index contributed by atoms with van der Waals surface area (Å²) in [5.41, 5.74) is 0.777. The first-order chi connectivity index (χ1) is 9.47. The van der Waals surface area contributed by atoms with Crippen LogP contribution in [0.1, 0.15) is 15.9 Å². The SMILES string of the molecule is O=C(O)Nc1ccc(C(=O)c2ccc(F)cc2)c(Cl)c1. The van der Waals surface area contributed by atoms with Crippen LogP contribution in [-0.2, 0) is 0 Å². The number of hydrogen-bond donors (Lipinski definition) is 2. The highest BCUT2D eigenvalue weighted by Gasteiger charge is 2.13. The summed E-state index contributed by atoms with van der Waals surface area (Å²) in [6.07, 6.45) is -1.22. The molecule has 0 bridgehead atoms. The Morgan fingerprint density at radius 3 is 2.30 bits per heavy atom. The van der Waals surface area contributed by atoms with Crippen LogP contribution in [0.25, 0.3) is 0 Å². The average molecular weight is 294 g/mol. The minimum absolute atomic E-state index is 0.116. The maximum absolute atomic E-state index is 12.8. The van der Waals surface area contributed by atoms with Crippen LogP contribution in [0.5, 0.6) is 0 Å². The first-order valence-electron chi connectivity index (χ1n) is 5.57. The Kier molecular flexibility index (Phi) is 4.00. The van der Waals surface area contributed by atoms with Gasteiger partial charge < -0.3 is 5.11 Å². The van der Waals surface area contributed by atoms with Crippen LogP contribution < -0.4 is 5.32 Å². The molecule has 0 fully saturated rings. The average Bonchev–Trinajstić information content (AvgIpc) is 2.38. The van der Waals surface area contributed by atoms with Crippen molar-refractivity contribution in [1.29, 1.82) is 0 Å². The van der Waals surface area contributed by atoms with Crippen LogP contribution in [0, 0.1) is 5.82 Å². The molecular formula is C14H9ClFNO3. The third-order valence-corrected chi connectivity index (χ3v) is 2.88. The predicted molar refractivity (Wildman–Crippen MR) is 72.9 cm³/mol. The number of ketones is 1. The standard InChI is InChI=1S/C14H9ClFNO3/c15-12-7-10(17-14(19)20)5-6-11(12)13(18)8-1-3-9(16)4-2-8/h1-7,17H,(H,19,20). The molecule has 0 spiro atoms. The van der Waals surface area contributed by atoms with Gasteiger partial charge in [0.25, 0.3) is 0 Å². The molecule has 102 valence electrons. The highest BCUT2D eigenvalue weighted by Crippen LogP contribution is 2.23. The monoisotopic (exact) mass is 293 g/mol. The van der Waals surface area contributed by atoms with E-state index in [1.54, 1.807) is 0 Å². The molecule has 0 saturated carbocycles. The van der Waals surface area contributed by atoms with Gasteiger partial charge >= 0.3 is 6.09 Å². The van der Waals surface area contributed by atoms with Gasteiger partial charge in [0.1, 0.15) is 5.82 Å². The fourth-order valence-corrected chi connectivity index (χ4v) is 1.92. The molecule has 0 aliphatic heterocycles. The normalized spacial score (nSPS) is 10.1. The Morgan fingerprint density at radius 2 is 1.75 bits per heavy atom. The number of carbonyl (C=O) groups excluding carboxylic acids is 1. The summed E-state index contributed by atoms with van der Waals surface area (Å²) in [6.45, 7) is 0. The van der Waals surface area contributed by atoms with Gasteiger partial charge in [-0.3, -0.25) is 10.1 Å². The Balaban J connectivity index is 2.31. The number of amides is 1. The highest BCUT2D eigenvalue weighted by atomic mass is 35.5. The minimum Gasteiger partial charge on any atom is -0.465 e. The lowest BCUT2D eigenvalue weighted by atomic mass is 10.0. The zero-order valence-corrected chi connectivity index (χ0v) is 10.8. The predicted octanol–water partition coefficient (Wildman–Crippen LogP) is 3.80. The van der Waals surface area contributed by atoms with Gasteiger partial charge in [0.05, 0.1) is 5.02 Å². The molecule has 2 aromatic rings. The lowest BCUT2D eigenvalue weighted by molar-refractivity contribution is 0.103. The smallest absolute Gasteiger partial charge is 0.409 e. The van der Waals surface area contributed by atoms with Gasteiger partial charge in [-0.1, -0.05) is 11.6 Å². The molecule has 20 heavy (non-hydrogen) atoms. The minimum atomic E-state index is -1.22. The van der Waals surface area contributed by atoms with E-state index in [-0.39, 0.29) is 22.1 Å². The van der Waals surface area contributed by atoms with Crippen molar-refractivity contribution in [1.82, 2.24) is 0 Å². The summed E-state index contributed by atoms with van der Waals surface area (Å²) >= 11 is 5.96. The van der Waals surface area contributed by atoms with Crippen molar-refractivity contribution >= 4 is 29.2 Å². The molecule has 0 atom stereocenters. The van der Waals surface area contributed by atoms with E-state index in [4.69, 9.17) is 16.7 Å². The van der Waals surface area contributed by atoms with Gasteiger partial charge in [-0.2, -0.15) is 0 Å². The summed E-state index contributed by atoms with van der Waals surface area (Å²) < 4.78 is 12.8. The molecule has 0 radical (unpaired) electrons. The van der Waals surface area contributed by atoms with Gasteiger partial charge in [-0.15, -0.1) is 0 Å². The number of rotatable bonds is 3. The molecule has 2 rings (SSSR count). The van der Waals surface area contributed by atoms with Gasteiger partial charge in [0, 0.05) is 16.8 Å². The lowest BCUT2D eigenvalue weighted by Crippen LogP contribution is -2.08. The molecule has 0 aliphatic carbocycles. The van der Waals surface area contributed by atoms with Crippen LogP contribution in [0.3, 0.4) is 0 Å².